The third kappa shape index (κ3) is 3.76. The summed E-state index contributed by atoms with van der Waals surface area (Å²) in [5, 5.41) is 4.12. The number of carbonyl (C=O) groups is 1. The third-order valence-corrected chi connectivity index (χ3v) is 4.64. The molecule has 0 saturated carbocycles. The molecule has 5 heteroatoms. The summed E-state index contributed by atoms with van der Waals surface area (Å²) in [6.07, 6.45) is 3.59. The van der Waals surface area contributed by atoms with Crippen molar-refractivity contribution in [2.75, 3.05) is 7.05 Å². The Morgan fingerprint density at radius 2 is 1.88 bits per heavy atom. The second-order valence-corrected chi connectivity index (χ2v) is 6.22. The van der Waals surface area contributed by atoms with Crippen LogP contribution in [0.2, 0.25) is 0 Å². The van der Waals surface area contributed by atoms with E-state index in [0.29, 0.717) is 6.42 Å². The van der Waals surface area contributed by atoms with E-state index in [0.717, 1.165) is 22.4 Å². The molecule has 1 unspecified atom stereocenters. The number of aromatic nitrogens is 3. The van der Waals surface area contributed by atoms with E-state index in [9.17, 15) is 4.79 Å². The normalized spacial score (nSPS) is 12.0. The summed E-state index contributed by atoms with van der Waals surface area (Å²) in [6, 6.07) is 16.0. The molecule has 1 amide bonds. The number of carbonyl (C=O) groups excluding carboxylic acids is 1. The van der Waals surface area contributed by atoms with Crippen molar-refractivity contribution in [3.63, 3.8) is 0 Å². The lowest BCUT2D eigenvalue weighted by Gasteiger charge is -2.26. The maximum Gasteiger partial charge on any atom is 0.227 e. The van der Waals surface area contributed by atoms with Gasteiger partial charge in [-0.25, -0.2) is 9.67 Å². The average Bonchev–Trinajstić information content (AvgIpc) is 3.17. The number of likely N-dealkylation sites (N-methyl/N-ethyl adjacent to an activating group) is 1. The molecule has 1 atom stereocenters. The molecule has 3 rings (SSSR count). The molecule has 0 saturated heterocycles. The standard InChI is InChI=1S/C20H22N4O/c1-15-6-4-5-7-18(15)12-20(25)23(3)16(2)17-8-10-19(11-9-17)24-14-21-13-22-24/h4-11,13-14,16H,12H2,1-3H3. The first-order chi connectivity index (χ1) is 12.1. The minimum absolute atomic E-state index is 0.00122. The molecule has 1 heterocycles. The molecule has 0 aliphatic carbocycles. The van der Waals surface area contributed by atoms with Crippen LogP contribution in [-0.4, -0.2) is 32.6 Å². The van der Waals surface area contributed by atoms with Gasteiger partial charge in [0.15, 0.2) is 0 Å². The average molecular weight is 334 g/mol. The fraction of sp³-hybridized carbons (Fsp3) is 0.250. The van der Waals surface area contributed by atoms with Crippen molar-refractivity contribution in [1.29, 1.82) is 0 Å². The number of hydrogen-bond acceptors (Lipinski definition) is 3. The van der Waals surface area contributed by atoms with Gasteiger partial charge < -0.3 is 4.90 Å². The van der Waals surface area contributed by atoms with E-state index < -0.39 is 0 Å². The molecule has 0 bridgehead atoms. The monoisotopic (exact) mass is 334 g/mol. The fourth-order valence-electron chi connectivity index (χ4n) is 2.78. The van der Waals surface area contributed by atoms with Crippen LogP contribution in [0.15, 0.2) is 61.2 Å². The molecule has 0 aliphatic heterocycles. The highest BCUT2D eigenvalue weighted by Crippen LogP contribution is 2.21. The van der Waals surface area contributed by atoms with Crippen LogP contribution in [0.1, 0.15) is 29.7 Å². The van der Waals surface area contributed by atoms with Crippen LogP contribution in [0, 0.1) is 6.92 Å². The van der Waals surface area contributed by atoms with Crippen molar-refractivity contribution in [2.24, 2.45) is 0 Å². The highest BCUT2D eigenvalue weighted by molar-refractivity contribution is 5.79. The Hall–Kier alpha value is -2.95. The van der Waals surface area contributed by atoms with Crippen molar-refractivity contribution < 1.29 is 4.79 Å². The Labute approximate surface area is 147 Å². The van der Waals surface area contributed by atoms with Gasteiger partial charge in [-0.1, -0.05) is 36.4 Å². The van der Waals surface area contributed by atoms with Crippen LogP contribution >= 0.6 is 0 Å². The third-order valence-electron chi connectivity index (χ3n) is 4.64. The van der Waals surface area contributed by atoms with Crippen LogP contribution in [0.3, 0.4) is 0 Å². The molecule has 0 spiro atoms. The van der Waals surface area contributed by atoms with Crippen molar-refractivity contribution >= 4 is 5.91 Å². The van der Waals surface area contributed by atoms with Crippen molar-refractivity contribution in [2.45, 2.75) is 26.3 Å². The van der Waals surface area contributed by atoms with Gasteiger partial charge >= 0.3 is 0 Å². The van der Waals surface area contributed by atoms with Gasteiger partial charge in [0.05, 0.1) is 18.2 Å². The van der Waals surface area contributed by atoms with Gasteiger partial charge in [-0.2, -0.15) is 5.10 Å². The van der Waals surface area contributed by atoms with E-state index >= 15 is 0 Å². The lowest BCUT2D eigenvalue weighted by atomic mass is 10.0. The van der Waals surface area contributed by atoms with Crippen LogP contribution in [0.4, 0.5) is 0 Å². The van der Waals surface area contributed by atoms with Crippen LogP contribution < -0.4 is 0 Å². The Kier molecular flexibility index (Phi) is 4.93. The van der Waals surface area contributed by atoms with Gasteiger partial charge in [0, 0.05) is 7.05 Å². The minimum atomic E-state index is 0.00122. The molecule has 2 aromatic carbocycles. The van der Waals surface area contributed by atoms with Gasteiger partial charge in [-0.05, 0) is 42.7 Å². The first-order valence-electron chi connectivity index (χ1n) is 8.31. The molecular weight excluding hydrogens is 312 g/mol. The summed E-state index contributed by atoms with van der Waals surface area (Å²) >= 11 is 0. The Morgan fingerprint density at radius 3 is 2.52 bits per heavy atom. The van der Waals surface area contributed by atoms with E-state index in [4.69, 9.17) is 0 Å². The summed E-state index contributed by atoms with van der Waals surface area (Å²) < 4.78 is 1.71. The van der Waals surface area contributed by atoms with Crippen molar-refractivity contribution in [1.82, 2.24) is 19.7 Å². The lowest BCUT2D eigenvalue weighted by Crippen LogP contribution is -2.31. The summed E-state index contributed by atoms with van der Waals surface area (Å²) in [5.74, 6) is 0.113. The number of aryl methyl sites for hydroxylation is 1. The molecule has 0 fully saturated rings. The van der Waals surface area contributed by atoms with E-state index in [1.165, 1.54) is 6.33 Å². The van der Waals surface area contributed by atoms with E-state index in [-0.39, 0.29) is 11.9 Å². The molecular formula is C20H22N4O. The molecule has 25 heavy (non-hydrogen) atoms. The predicted octanol–water partition coefficient (Wildman–Crippen LogP) is 3.34. The SMILES string of the molecule is Cc1ccccc1CC(=O)N(C)C(C)c1ccc(-n2cncn2)cc1. The lowest BCUT2D eigenvalue weighted by molar-refractivity contribution is -0.131. The highest BCUT2D eigenvalue weighted by Gasteiger charge is 2.18. The van der Waals surface area contributed by atoms with Gasteiger partial charge in [-0.3, -0.25) is 4.79 Å². The first kappa shape index (κ1) is 16.9. The minimum Gasteiger partial charge on any atom is -0.339 e. The van der Waals surface area contributed by atoms with Crippen molar-refractivity contribution in [3.8, 4) is 5.69 Å². The maximum atomic E-state index is 12.6. The number of amides is 1. The summed E-state index contributed by atoms with van der Waals surface area (Å²) in [4.78, 5) is 18.4. The fourth-order valence-corrected chi connectivity index (χ4v) is 2.78. The summed E-state index contributed by atoms with van der Waals surface area (Å²) in [6.45, 7) is 4.08. The summed E-state index contributed by atoms with van der Waals surface area (Å²) in [5.41, 5.74) is 4.26. The van der Waals surface area contributed by atoms with Gasteiger partial charge in [0.1, 0.15) is 12.7 Å². The number of rotatable bonds is 5. The zero-order chi connectivity index (χ0) is 17.8. The molecule has 3 aromatic rings. The van der Waals surface area contributed by atoms with Gasteiger partial charge in [0.25, 0.3) is 0 Å². The number of nitrogens with zero attached hydrogens (tertiary/aromatic N) is 4. The van der Waals surface area contributed by atoms with Gasteiger partial charge in [0.2, 0.25) is 5.91 Å². The van der Waals surface area contributed by atoms with E-state index in [1.807, 2.05) is 69.4 Å². The largest absolute Gasteiger partial charge is 0.339 e. The molecule has 0 N–H and O–H groups in total. The summed E-state index contributed by atoms with van der Waals surface area (Å²) in [7, 11) is 1.86. The number of benzene rings is 2. The van der Waals surface area contributed by atoms with Gasteiger partial charge in [-0.15, -0.1) is 0 Å². The predicted molar refractivity (Wildman–Crippen MR) is 97.4 cm³/mol. The highest BCUT2D eigenvalue weighted by atomic mass is 16.2. The second-order valence-electron chi connectivity index (χ2n) is 6.22. The molecule has 0 radical (unpaired) electrons. The molecule has 0 aliphatic rings. The van der Waals surface area contributed by atoms with Crippen molar-refractivity contribution in [3.05, 3.63) is 77.9 Å². The Morgan fingerprint density at radius 1 is 1.16 bits per heavy atom. The van der Waals surface area contributed by atoms with E-state index in [2.05, 4.69) is 10.1 Å². The Bertz CT molecular complexity index is 840. The molecule has 128 valence electrons. The topological polar surface area (TPSA) is 51.0 Å². The quantitative estimate of drug-likeness (QED) is 0.719. The zero-order valence-corrected chi connectivity index (χ0v) is 14.8. The van der Waals surface area contributed by atoms with E-state index in [1.54, 1.807) is 15.9 Å². The smallest absolute Gasteiger partial charge is 0.227 e. The maximum absolute atomic E-state index is 12.6. The van der Waals surface area contributed by atoms with Crippen LogP contribution in [-0.2, 0) is 11.2 Å². The molecule has 1 aromatic heterocycles. The first-order valence-corrected chi connectivity index (χ1v) is 8.31. The second kappa shape index (κ2) is 7.30. The van der Waals surface area contributed by atoms with Crippen LogP contribution in [0.5, 0.6) is 0 Å². The Balaban J connectivity index is 1.70. The number of hydrogen-bond donors (Lipinski definition) is 0. The zero-order valence-electron chi connectivity index (χ0n) is 14.8. The van der Waals surface area contributed by atoms with Crippen LogP contribution in [0.25, 0.3) is 5.69 Å². The molecule has 5 nitrogen and oxygen atoms in total.